The average Bonchev–Trinajstić information content (AvgIpc) is 2.20. The van der Waals surface area contributed by atoms with Crippen LogP contribution < -0.4 is 0 Å². The molecule has 2 heteroatoms. The molecule has 0 spiro atoms. The zero-order valence-corrected chi connectivity index (χ0v) is 9.63. The van der Waals surface area contributed by atoms with Gasteiger partial charge in [-0.2, -0.15) is 5.26 Å². The maximum atomic E-state index is 8.64. The Morgan fingerprint density at radius 3 is 2.21 bits per heavy atom. The Bertz CT molecular complexity index is 316. The van der Waals surface area contributed by atoms with E-state index >= 15 is 0 Å². The molecular formula is C12H18N2. The number of rotatable bonds is 0. The van der Waals surface area contributed by atoms with Gasteiger partial charge in [-0.15, -0.1) is 0 Å². The van der Waals surface area contributed by atoms with E-state index in [1.165, 1.54) is 0 Å². The molecule has 0 aliphatic carbocycles. The molecule has 0 aliphatic heterocycles. The second-order valence-corrected chi connectivity index (χ2v) is 3.82. The van der Waals surface area contributed by atoms with Crippen LogP contribution in [0, 0.1) is 11.3 Å². The lowest BCUT2D eigenvalue weighted by Crippen LogP contribution is -2.11. The molecule has 1 rings (SSSR count). The molecule has 0 saturated heterocycles. The van der Waals surface area contributed by atoms with Gasteiger partial charge in [0.05, 0.1) is 5.56 Å². The van der Waals surface area contributed by atoms with Gasteiger partial charge in [0.25, 0.3) is 0 Å². The fourth-order valence-corrected chi connectivity index (χ4v) is 0.911. The van der Waals surface area contributed by atoms with Gasteiger partial charge < -0.3 is 0 Å². The van der Waals surface area contributed by atoms with Crippen LogP contribution >= 0.6 is 0 Å². The third-order valence-corrected chi connectivity index (χ3v) is 1.73. The summed E-state index contributed by atoms with van der Waals surface area (Å²) in [5, 5.41) is 8.64. The van der Waals surface area contributed by atoms with Crippen LogP contribution in [0.4, 0.5) is 0 Å². The molecule has 0 unspecified atom stereocenters. The van der Waals surface area contributed by atoms with Gasteiger partial charge in [-0.1, -0.05) is 34.6 Å². The second kappa shape index (κ2) is 5.39. The molecule has 0 N–H and O–H groups in total. The first-order valence-electron chi connectivity index (χ1n) is 4.89. The molecule has 0 fully saturated rings. The summed E-state index contributed by atoms with van der Waals surface area (Å²) < 4.78 is 0. The summed E-state index contributed by atoms with van der Waals surface area (Å²) in [4.78, 5) is 4.00. The Morgan fingerprint density at radius 2 is 1.79 bits per heavy atom. The van der Waals surface area contributed by atoms with Gasteiger partial charge in [0.15, 0.2) is 0 Å². The van der Waals surface area contributed by atoms with Crippen LogP contribution in [-0.4, -0.2) is 4.98 Å². The first kappa shape index (κ1) is 12.6. The minimum absolute atomic E-state index is 0.0693. The minimum atomic E-state index is 0.0693. The first-order chi connectivity index (χ1) is 6.54. The summed E-state index contributed by atoms with van der Waals surface area (Å²) in [5.74, 6) is 0. The Labute approximate surface area is 86.6 Å². The number of pyridine rings is 1. The van der Waals surface area contributed by atoms with Gasteiger partial charge in [0.1, 0.15) is 6.07 Å². The van der Waals surface area contributed by atoms with Gasteiger partial charge >= 0.3 is 0 Å². The topological polar surface area (TPSA) is 36.7 Å². The van der Waals surface area contributed by atoms with Crippen molar-refractivity contribution in [1.29, 1.82) is 5.26 Å². The number of hydrogen-bond donors (Lipinski definition) is 0. The van der Waals surface area contributed by atoms with Gasteiger partial charge in [-0.05, 0) is 17.0 Å². The quantitative estimate of drug-likeness (QED) is 0.629. The lowest BCUT2D eigenvalue weighted by Gasteiger charge is -2.17. The molecule has 0 atom stereocenters. The standard InChI is InChI=1S/C10H12N2.C2H6/c1-10(2,3)9-4-8(5-11)6-12-7-9;1-2/h4,6-7H,1-3H3;1-2H3. The largest absolute Gasteiger partial charge is 0.263 e. The van der Waals surface area contributed by atoms with E-state index in [1.807, 2.05) is 19.9 Å². The van der Waals surface area contributed by atoms with Crippen molar-refractivity contribution in [3.05, 3.63) is 29.6 Å². The molecule has 0 bridgehead atoms. The molecule has 76 valence electrons. The average molecular weight is 190 g/mol. The normalized spacial score (nSPS) is 9.71. The van der Waals surface area contributed by atoms with Crippen LogP contribution in [0.2, 0.25) is 0 Å². The highest BCUT2D eigenvalue weighted by Gasteiger charge is 2.13. The van der Waals surface area contributed by atoms with E-state index in [0.29, 0.717) is 5.56 Å². The van der Waals surface area contributed by atoms with E-state index in [1.54, 1.807) is 12.4 Å². The van der Waals surface area contributed by atoms with Gasteiger partial charge in [-0.25, -0.2) is 0 Å². The van der Waals surface area contributed by atoms with E-state index in [2.05, 4.69) is 31.8 Å². The van der Waals surface area contributed by atoms with Crippen molar-refractivity contribution < 1.29 is 0 Å². The highest BCUT2D eigenvalue weighted by molar-refractivity contribution is 5.31. The summed E-state index contributed by atoms with van der Waals surface area (Å²) in [6.45, 7) is 10.3. The first-order valence-corrected chi connectivity index (χ1v) is 4.89. The number of nitrogens with zero attached hydrogens (tertiary/aromatic N) is 2. The molecule has 0 saturated carbocycles. The Balaban J connectivity index is 0.000000791. The smallest absolute Gasteiger partial charge is 0.101 e. The van der Waals surface area contributed by atoms with Crippen molar-refractivity contribution in [2.75, 3.05) is 0 Å². The van der Waals surface area contributed by atoms with Gasteiger partial charge in [0, 0.05) is 12.4 Å². The van der Waals surface area contributed by atoms with Crippen molar-refractivity contribution in [2.24, 2.45) is 0 Å². The van der Waals surface area contributed by atoms with E-state index in [9.17, 15) is 0 Å². The Kier molecular flexibility index (Phi) is 4.86. The van der Waals surface area contributed by atoms with Crippen LogP contribution in [0.3, 0.4) is 0 Å². The van der Waals surface area contributed by atoms with Crippen molar-refractivity contribution in [3.8, 4) is 6.07 Å². The Morgan fingerprint density at radius 1 is 1.21 bits per heavy atom. The molecule has 1 aromatic rings. The molecule has 14 heavy (non-hydrogen) atoms. The number of aromatic nitrogens is 1. The molecule has 0 amide bonds. The maximum Gasteiger partial charge on any atom is 0.101 e. The summed E-state index contributed by atoms with van der Waals surface area (Å²) in [6, 6.07) is 3.96. The summed E-state index contributed by atoms with van der Waals surface area (Å²) in [7, 11) is 0. The number of hydrogen-bond acceptors (Lipinski definition) is 2. The van der Waals surface area contributed by atoms with E-state index in [4.69, 9.17) is 5.26 Å². The third kappa shape index (κ3) is 3.57. The predicted molar refractivity (Wildman–Crippen MR) is 59.0 cm³/mol. The lowest BCUT2D eigenvalue weighted by molar-refractivity contribution is 0.587. The second-order valence-electron chi connectivity index (χ2n) is 3.82. The summed E-state index contributed by atoms with van der Waals surface area (Å²) in [5.41, 5.74) is 1.80. The molecule has 2 nitrogen and oxygen atoms in total. The van der Waals surface area contributed by atoms with Crippen LogP contribution in [0.5, 0.6) is 0 Å². The van der Waals surface area contributed by atoms with Crippen LogP contribution in [-0.2, 0) is 5.41 Å². The van der Waals surface area contributed by atoms with Gasteiger partial charge in [-0.3, -0.25) is 4.98 Å². The van der Waals surface area contributed by atoms with Crippen molar-refractivity contribution in [3.63, 3.8) is 0 Å². The monoisotopic (exact) mass is 190 g/mol. The molecule has 1 heterocycles. The minimum Gasteiger partial charge on any atom is -0.263 e. The highest BCUT2D eigenvalue weighted by Crippen LogP contribution is 2.21. The zero-order chi connectivity index (χ0) is 11.2. The van der Waals surface area contributed by atoms with E-state index in [0.717, 1.165) is 5.56 Å². The maximum absolute atomic E-state index is 8.64. The summed E-state index contributed by atoms with van der Waals surface area (Å²) >= 11 is 0. The zero-order valence-electron chi connectivity index (χ0n) is 9.63. The lowest BCUT2D eigenvalue weighted by atomic mass is 9.88. The highest BCUT2D eigenvalue weighted by atomic mass is 14.6. The predicted octanol–water partition coefficient (Wildman–Crippen LogP) is 3.28. The number of nitriles is 1. The molecule has 0 aromatic carbocycles. The van der Waals surface area contributed by atoms with Crippen LogP contribution in [0.15, 0.2) is 18.5 Å². The van der Waals surface area contributed by atoms with Crippen LogP contribution in [0.1, 0.15) is 45.7 Å². The Hall–Kier alpha value is -1.36. The van der Waals surface area contributed by atoms with Crippen molar-refractivity contribution >= 4 is 0 Å². The fourth-order valence-electron chi connectivity index (χ4n) is 0.911. The molecule has 0 radical (unpaired) electrons. The van der Waals surface area contributed by atoms with Crippen molar-refractivity contribution in [2.45, 2.75) is 40.0 Å². The van der Waals surface area contributed by atoms with E-state index in [-0.39, 0.29) is 5.41 Å². The van der Waals surface area contributed by atoms with Crippen LogP contribution in [0.25, 0.3) is 0 Å². The van der Waals surface area contributed by atoms with Gasteiger partial charge in [0.2, 0.25) is 0 Å². The SMILES string of the molecule is CC.CC(C)(C)c1cncc(C#N)c1. The van der Waals surface area contributed by atoms with Crippen molar-refractivity contribution in [1.82, 2.24) is 4.98 Å². The summed E-state index contributed by atoms with van der Waals surface area (Å²) in [6.07, 6.45) is 3.38. The molecule has 0 aliphatic rings. The fraction of sp³-hybridized carbons (Fsp3) is 0.500. The molecular weight excluding hydrogens is 172 g/mol. The molecule has 1 aromatic heterocycles. The van der Waals surface area contributed by atoms with E-state index < -0.39 is 0 Å². The third-order valence-electron chi connectivity index (χ3n) is 1.73.